The summed E-state index contributed by atoms with van der Waals surface area (Å²) in [6.45, 7) is 6.37. The van der Waals surface area contributed by atoms with Crippen LogP contribution in [0.15, 0.2) is 48.5 Å². The minimum absolute atomic E-state index is 0.219. The summed E-state index contributed by atoms with van der Waals surface area (Å²) in [6, 6.07) is 15.3. The van der Waals surface area contributed by atoms with E-state index in [1.807, 2.05) is 66.9 Å². The van der Waals surface area contributed by atoms with E-state index in [4.69, 9.17) is 16.3 Å². The molecule has 1 aromatic heterocycles. The van der Waals surface area contributed by atoms with Crippen LogP contribution in [0.25, 0.3) is 10.9 Å². The number of ether oxygens (including phenoxy) is 1. The summed E-state index contributed by atoms with van der Waals surface area (Å²) in [5.41, 5.74) is 2.88. The van der Waals surface area contributed by atoms with Crippen LogP contribution in [0.4, 0.5) is 0 Å². The Morgan fingerprint density at radius 1 is 1.17 bits per heavy atom. The Morgan fingerprint density at radius 2 is 1.90 bits per heavy atom. The zero-order valence-electron chi connectivity index (χ0n) is 16.8. The number of para-hydroxylation sites is 1. The van der Waals surface area contributed by atoms with Crippen LogP contribution in [-0.2, 0) is 17.8 Å². The van der Waals surface area contributed by atoms with Gasteiger partial charge < -0.3 is 19.7 Å². The average Bonchev–Trinajstić information content (AvgIpc) is 3.00. The van der Waals surface area contributed by atoms with Gasteiger partial charge >= 0.3 is 5.97 Å². The normalized spacial score (nSPS) is 11.4. The monoisotopic (exact) mass is 414 g/mol. The highest BCUT2D eigenvalue weighted by molar-refractivity contribution is 6.31. The lowest BCUT2D eigenvalue weighted by molar-refractivity contribution is 0.0683. The Kier molecular flexibility index (Phi) is 7.31. The van der Waals surface area contributed by atoms with Crippen molar-refractivity contribution in [3.63, 3.8) is 0 Å². The number of nitrogens with zero attached hydrogens (tertiary/aromatic N) is 1. The van der Waals surface area contributed by atoms with E-state index in [0.29, 0.717) is 30.4 Å². The summed E-state index contributed by atoms with van der Waals surface area (Å²) < 4.78 is 7.40. The smallest absolute Gasteiger partial charge is 0.352 e. The molecule has 0 saturated carbocycles. The predicted octanol–water partition coefficient (Wildman–Crippen LogP) is 4.95. The van der Waals surface area contributed by atoms with Crippen molar-refractivity contribution >= 4 is 28.5 Å². The quantitative estimate of drug-likeness (QED) is 0.461. The summed E-state index contributed by atoms with van der Waals surface area (Å²) in [7, 11) is 0. The molecule has 1 heterocycles. The lowest BCUT2D eigenvalue weighted by Crippen LogP contribution is -2.20. The lowest BCUT2D eigenvalue weighted by Gasteiger charge is -2.11. The highest BCUT2D eigenvalue weighted by Crippen LogP contribution is 2.29. The van der Waals surface area contributed by atoms with Crippen LogP contribution < -0.4 is 5.32 Å². The van der Waals surface area contributed by atoms with E-state index in [2.05, 4.69) is 5.32 Å². The summed E-state index contributed by atoms with van der Waals surface area (Å²) in [5.74, 6) is -0.937. The minimum Gasteiger partial charge on any atom is -0.477 e. The molecule has 0 atom stereocenters. The van der Waals surface area contributed by atoms with Crippen LogP contribution in [0.5, 0.6) is 0 Å². The number of carbonyl (C=O) groups is 1. The molecule has 2 N–H and O–H groups in total. The van der Waals surface area contributed by atoms with Gasteiger partial charge in [-0.25, -0.2) is 4.79 Å². The van der Waals surface area contributed by atoms with Gasteiger partial charge in [-0.05, 0) is 44.5 Å². The average molecular weight is 415 g/mol. The summed E-state index contributed by atoms with van der Waals surface area (Å²) >= 11 is 6.33. The minimum atomic E-state index is -0.937. The molecule has 0 amide bonds. The first-order valence-corrected chi connectivity index (χ1v) is 10.3. The number of aromatic carboxylic acids is 1. The molecular formula is C23H27ClN2O3. The van der Waals surface area contributed by atoms with E-state index in [1.165, 1.54) is 0 Å². The molecule has 3 rings (SSSR count). The number of hydrogen-bond donors (Lipinski definition) is 2. The van der Waals surface area contributed by atoms with Crippen LogP contribution in [0.2, 0.25) is 5.02 Å². The number of rotatable bonds is 10. The number of carboxylic acid groups (broad SMARTS) is 1. The van der Waals surface area contributed by atoms with Crippen LogP contribution in [-0.4, -0.2) is 34.9 Å². The Morgan fingerprint density at radius 3 is 2.62 bits per heavy atom. The standard InChI is InChI=1S/C23H27ClN2O3/c1-16(2)29-13-7-12-25-14-19-18-9-4-6-11-21(18)26(22(19)23(27)28)15-17-8-3-5-10-20(17)24/h3-6,8-11,16,25H,7,12-15H2,1-2H3,(H,27,28). The second-order valence-corrected chi connectivity index (χ2v) is 7.68. The zero-order valence-corrected chi connectivity index (χ0v) is 17.6. The van der Waals surface area contributed by atoms with Crippen molar-refractivity contribution in [2.45, 2.75) is 39.5 Å². The Balaban J connectivity index is 1.88. The summed E-state index contributed by atoms with van der Waals surface area (Å²) in [4.78, 5) is 12.2. The first-order valence-electron chi connectivity index (χ1n) is 9.88. The van der Waals surface area contributed by atoms with E-state index in [0.717, 1.165) is 35.0 Å². The third-order valence-corrected chi connectivity index (χ3v) is 5.18. The third-order valence-electron chi connectivity index (χ3n) is 4.82. The van der Waals surface area contributed by atoms with Crippen molar-refractivity contribution in [1.29, 1.82) is 0 Å². The number of benzene rings is 2. The molecule has 2 aromatic carbocycles. The van der Waals surface area contributed by atoms with Crippen LogP contribution in [0.1, 0.15) is 41.9 Å². The largest absolute Gasteiger partial charge is 0.477 e. The summed E-state index contributed by atoms with van der Waals surface area (Å²) in [6.07, 6.45) is 1.09. The van der Waals surface area contributed by atoms with Gasteiger partial charge in [-0.1, -0.05) is 48.0 Å². The maximum atomic E-state index is 12.2. The second kappa shape index (κ2) is 9.92. The topological polar surface area (TPSA) is 63.5 Å². The van der Waals surface area contributed by atoms with Crippen molar-refractivity contribution in [2.24, 2.45) is 0 Å². The maximum Gasteiger partial charge on any atom is 0.352 e. The van der Waals surface area contributed by atoms with Crippen LogP contribution in [0.3, 0.4) is 0 Å². The molecule has 0 bridgehead atoms. The van der Waals surface area contributed by atoms with Gasteiger partial charge in [0.15, 0.2) is 0 Å². The van der Waals surface area contributed by atoms with Gasteiger partial charge in [-0.3, -0.25) is 0 Å². The second-order valence-electron chi connectivity index (χ2n) is 7.28. The van der Waals surface area contributed by atoms with E-state index >= 15 is 0 Å². The Labute approximate surface area is 176 Å². The zero-order chi connectivity index (χ0) is 20.8. The van der Waals surface area contributed by atoms with Gasteiger partial charge in [-0.2, -0.15) is 0 Å². The molecular weight excluding hydrogens is 388 g/mol. The van der Waals surface area contributed by atoms with Gasteiger partial charge in [0.2, 0.25) is 0 Å². The van der Waals surface area contributed by atoms with Crippen LogP contribution >= 0.6 is 11.6 Å². The van der Waals surface area contributed by atoms with Gasteiger partial charge in [0.1, 0.15) is 5.69 Å². The van der Waals surface area contributed by atoms with E-state index < -0.39 is 5.97 Å². The number of fused-ring (bicyclic) bond motifs is 1. The highest BCUT2D eigenvalue weighted by Gasteiger charge is 2.22. The maximum absolute atomic E-state index is 12.2. The molecule has 0 aliphatic carbocycles. The Bertz CT molecular complexity index is 981. The molecule has 29 heavy (non-hydrogen) atoms. The molecule has 3 aromatic rings. The predicted molar refractivity (Wildman–Crippen MR) is 117 cm³/mol. The molecule has 5 nitrogen and oxygen atoms in total. The van der Waals surface area contributed by atoms with E-state index in [-0.39, 0.29) is 6.10 Å². The van der Waals surface area contributed by atoms with Gasteiger partial charge in [-0.15, -0.1) is 0 Å². The molecule has 6 heteroatoms. The van der Waals surface area contributed by atoms with Gasteiger partial charge in [0.25, 0.3) is 0 Å². The van der Waals surface area contributed by atoms with Crippen molar-refractivity contribution in [1.82, 2.24) is 9.88 Å². The molecule has 0 spiro atoms. The molecule has 0 aliphatic heterocycles. The first kappa shape index (κ1) is 21.4. The highest BCUT2D eigenvalue weighted by atomic mass is 35.5. The van der Waals surface area contributed by atoms with Gasteiger partial charge in [0.05, 0.1) is 6.10 Å². The molecule has 0 aliphatic rings. The first-order chi connectivity index (χ1) is 14.0. The number of carboxylic acids is 1. The fourth-order valence-corrected chi connectivity index (χ4v) is 3.68. The van der Waals surface area contributed by atoms with Gasteiger partial charge in [0, 0.05) is 41.2 Å². The van der Waals surface area contributed by atoms with Crippen molar-refractivity contribution in [3.05, 3.63) is 70.4 Å². The molecule has 0 unspecified atom stereocenters. The van der Waals surface area contributed by atoms with Crippen molar-refractivity contribution < 1.29 is 14.6 Å². The van der Waals surface area contributed by atoms with E-state index in [1.54, 1.807) is 0 Å². The molecule has 0 saturated heterocycles. The lowest BCUT2D eigenvalue weighted by atomic mass is 10.1. The molecule has 0 fully saturated rings. The fourth-order valence-electron chi connectivity index (χ4n) is 3.49. The number of hydrogen-bond acceptors (Lipinski definition) is 3. The molecule has 0 radical (unpaired) electrons. The van der Waals surface area contributed by atoms with Crippen molar-refractivity contribution in [3.8, 4) is 0 Å². The van der Waals surface area contributed by atoms with E-state index in [9.17, 15) is 9.90 Å². The SMILES string of the molecule is CC(C)OCCCNCc1c(C(=O)O)n(Cc2ccccc2Cl)c2ccccc12. The molecule has 154 valence electrons. The third kappa shape index (κ3) is 5.18. The number of nitrogens with one attached hydrogen (secondary N) is 1. The fraction of sp³-hybridized carbons (Fsp3) is 0.348. The Hall–Kier alpha value is -2.34. The number of aromatic nitrogens is 1. The number of halogens is 1. The summed E-state index contributed by atoms with van der Waals surface area (Å²) in [5, 5.41) is 14.9. The van der Waals surface area contributed by atoms with Crippen LogP contribution in [0, 0.1) is 0 Å². The van der Waals surface area contributed by atoms with Crippen molar-refractivity contribution in [2.75, 3.05) is 13.2 Å².